The van der Waals surface area contributed by atoms with Crippen LogP contribution in [0, 0.1) is 15.9 Å². The first-order valence-corrected chi connectivity index (χ1v) is 6.07. The maximum Gasteiger partial charge on any atom is 0.272 e. The molecule has 0 saturated carbocycles. The van der Waals surface area contributed by atoms with Gasteiger partial charge in [0.05, 0.1) is 16.6 Å². The van der Waals surface area contributed by atoms with Crippen molar-refractivity contribution in [2.45, 2.75) is 0 Å². The number of nitrogens with zero attached hydrogens (tertiary/aromatic N) is 3. The van der Waals surface area contributed by atoms with Crippen molar-refractivity contribution in [1.82, 2.24) is 9.97 Å². The first-order chi connectivity index (χ1) is 9.90. The second kappa shape index (κ2) is 5.98. The maximum atomic E-state index is 13.7. The van der Waals surface area contributed by atoms with Crippen molar-refractivity contribution >= 4 is 40.6 Å². The van der Waals surface area contributed by atoms with Gasteiger partial charge in [-0.25, -0.2) is 14.4 Å². The zero-order chi connectivity index (χ0) is 15.6. The summed E-state index contributed by atoms with van der Waals surface area (Å²) in [5, 5.41) is 12.6. The van der Waals surface area contributed by atoms with Gasteiger partial charge in [0.2, 0.25) is 0 Å². The largest absolute Gasteiger partial charge is 0.305 e. The standard InChI is InChI=1S/C11H5Cl2FN4O3/c12-8-9(13)15-4-16-10(8)17-11(19)6-2-1-5(18(20)21)3-7(6)14/h1-4H,(H,15,16,17,19). The zero-order valence-electron chi connectivity index (χ0n) is 10.0. The fourth-order valence-electron chi connectivity index (χ4n) is 1.41. The number of benzene rings is 1. The monoisotopic (exact) mass is 330 g/mol. The van der Waals surface area contributed by atoms with Crippen LogP contribution in [0.2, 0.25) is 10.2 Å². The topological polar surface area (TPSA) is 98.0 Å². The average molecular weight is 331 g/mol. The Morgan fingerprint density at radius 2 is 2.05 bits per heavy atom. The molecule has 0 unspecified atom stereocenters. The molecule has 108 valence electrons. The van der Waals surface area contributed by atoms with Crippen LogP contribution in [-0.4, -0.2) is 20.8 Å². The van der Waals surface area contributed by atoms with Crippen LogP contribution in [0.3, 0.4) is 0 Å². The fourth-order valence-corrected chi connectivity index (χ4v) is 1.69. The molecule has 7 nitrogen and oxygen atoms in total. The van der Waals surface area contributed by atoms with Crippen LogP contribution in [0.5, 0.6) is 0 Å². The summed E-state index contributed by atoms with van der Waals surface area (Å²) in [7, 11) is 0. The number of nitro groups is 1. The zero-order valence-corrected chi connectivity index (χ0v) is 11.5. The number of aromatic nitrogens is 2. The Morgan fingerprint density at radius 1 is 1.33 bits per heavy atom. The Morgan fingerprint density at radius 3 is 2.67 bits per heavy atom. The van der Waals surface area contributed by atoms with Crippen LogP contribution in [0.1, 0.15) is 10.4 Å². The number of nitrogens with one attached hydrogen (secondary N) is 1. The van der Waals surface area contributed by atoms with Gasteiger partial charge in [0, 0.05) is 6.07 Å². The molecular formula is C11H5Cl2FN4O3. The van der Waals surface area contributed by atoms with E-state index in [9.17, 15) is 19.3 Å². The predicted octanol–water partition coefficient (Wildman–Crippen LogP) is 3.08. The first-order valence-electron chi connectivity index (χ1n) is 5.31. The van der Waals surface area contributed by atoms with Crippen molar-refractivity contribution < 1.29 is 14.1 Å². The molecule has 21 heavy (non-hydrogen) atoms. The summed E-state index contributed by atoms with van der Waals surface area (Å²) in [4.78, 5) is 28.9. The summed E-state index contributed by atoms with van der Waals surface area (Å²) >= 11 is 11.4. The van der Waals surface area contributed by atoms with E-state index in [0.717, 1.165) is 18.5 Å². The molecule has 0 atom stereocenters. The van der Waals surface area contributed by atoms with Gasteiger partial charge in [0.1, 0.15) is 17.2 Å². The van der Waals surface area contributed by atoms with Gasteiger partial charge in [0.25, 0.3) is 11.6 Å². The van der Waals surface area contributed by atoms with Crippen molar-refractivity contribution in [2.24, 2.45) is 0 Å². The van der Waals surface area contributed by atoms with E-state index in [2.05, 4.69) is 15.3 Å². The number of hydrogen-bond donors (Lipinski definition) is 1. The highest BCUT2D eigenvalue weighted by atomic mass is 35.5. The Hall–Kier alpha value is -2.32. The van der Waals surface area contributed by atoms with Crippen molar-refractivity contribution in [3.8, 4) is 0 Å². The third-order valence-corrected chi connectivity index (χ3v) is 3.13. The van der Waals surface area contributed by atoms with Gasteiger partial charge in [-0.1, -0.05) is 23.2 Å². The van der Waals surface area contributed by atoms with E-state index in [1.807, 2.05) is 0 Å². The highest BCUT2D eigenvalue weighted by molar-refractivity contribution is 6.43. The summed E-state index contributed by atoms with van der Waals surface area (Å²) in [6.07, 6.45) is 1.07. The molecule has 2 rings (SSSR count). The molecule has 2 aromatic rings. The van der Waals surface area contributed by atoms with Crippen LogP contribution >= 0.6 is 23.2 Å². The highest BCUT2D eigenvalue weighted by Gasteiger charge is 2.18. The summed E-state index contributed by atoms with van der Waals surface area (Å²) in [5.74, 6) is -2.02. The number of carbonyl (C=O) groups is 1. The smallest absolute Gasteiger partial charge is 0.272 e. The number of nitro benzene ring substituents is 1. The maximum absolute atomic E-state index is 13.7. The van der Waals surface area contributed by atoms with E-state index in [1.54, 1.807) is 0 Å². The summed E-state index contributed by atoms with van der Waals surface area (Å²) in [6.45, 7) is 0. The normalized spacial score (nSPS) is 10.2. The molecule has 0 spiro atoms. The summed E-state index contributed by atoms with van der Waals surface area (Å²) < 4.78 is 13.7. The Balaban J connectivity index is 2.29. The van der Waals surface area contributed by atoms with Crippen LogP contribution in [0.25, 0.3) is 0 Å². The summed E-state index contributed by atoms with van der Waals surface area (Å²) in [6, 6.07) is 2.63. The summed E-state index contributed by atoms with van der Waals surface area (Å²) in [5.41, 5.74) is -0.862. The molecular weight excluding hydrogens is 326 g/mol. The molecule has 10 heteroatoms. The lowest BCUT2D eigenvalue weighted by atomic mass is 10.2. The number of amides is 1. The molecule has 0 aliphatic heterocycles. The number of non-ortho nitro benzene ring substituents is 1. The van der Waals surface area contributed by atoms with Gasteiger partial charge < -0.3 is 5.32 Å². The van der Waals surface area contributed by atoms with Gasteiger partial charge in [-0.05, 0) is 6.07 Å². The van der Waals surface area contributed by atoms with E-state index in [4.69, 9.17) is 23.2 Å². The molecule has 1 aromatic carbocycles. The quantitative estimate of drug-likeness (QED) is 0.529. The van der Waals surface area contributed by atoms with E-state index < -0.39 is 27.9 Å². The molecule has 1 heterocycles. The second-order valence-electron chi connectivity index (χ2n) is 3.70. The van der Waals surface area contributed by atoms with Gasteiger partial charge >= 0.3 is 0 Å². The molecule has 1 N–H and O–H groups in total. The predicted molar refractivity (Wildman–Crippen MR) is 73.1 cm³/mol. The van der Waals surface area contributed by atoms with Gasteiger partial charge in [-0.3, -0.25) is 14.9 Å². The fraction of sp³-hybridized carbons (Fsp3) is 0. The lowest BCUT2D eigenvalue weighted by Gasteiger charge is -2.07. The van der Waals surface area contributed by atoms with Crippen molar-refractivity contribution in [3.05, 3.63) is 56.2 Å². The van der Waals surface area contributed by atoms with Crippen LogP contribution in [-0.2, 0) is 0 Å². The van der Waals surface area contributed by atoms with Crippen molar-refractivity contribution in [1.29, 1.82) is 0 Å². The van der Waals surface area contributed by atoms with Crippen LogP contribution in [0.15, 0.2) is 24.5 Å². The number of rotatable bonds is 3. The van der Waals surface area contributed by atoms with Crippen LogP contribution < -0.4 is 5.32 Å². The van der Waals surface area contributed by atoms with Crippen molar-refractivity contribution in [2.75, 3.05) is 5.32 Å². The highest BCUT2D eigenvalue weighted by Crippen LogP contribution is 2.26. The number of carbonyl (C=O) groups excluding carboxylic acids is 1. The van der Waals surface area contributed by atoms with Gasteiger partial charge in [-0.2, -0.15) is 0 Å². The minimum Gasteiger partial charge on any atom is -0.305 e. The second-order valence-corrected chi connectivity index (χ2v) is 4.44. The third kappa shape index (κ3) is 3.23. The third-order valence-electron chi connectivity index (χ3n) is 2.39. The molecule has 0 aliphatic rings. The van der Waals surface area contributed by atoms with Gasteiger partial charge in [0.15, 0.2) is 11.0 Å². The number of halogens is 3. The van der Waals surface area contributed by atoms with E-state index in [0.29, 0.717) is 6.07 Å². The molecule has 1 amide bonds. The SMILES string of the molecule is O=C(Nc1ncnc(Cl)c1Cl)c1ccc([N+](=O)[O-])cc1F. The van der Waals surface area contributed by atoms with Crippen molar-refractivity contribution in [3.63, 3.8) is 0 Å². The number of hydrogen-bond acceptors (Lipinski definition) is 5. The Bertz CT molecular complexity index is 741. The minimum absolute atomic E-state index is 0.0776. The average Bonchev–Trinajstić information content (AvgIpc) is 2.43. The van der Waals surface area contributed by atoms with E-state index in [1.165, 1.54) is 0 Å². The molecule has 0 saturated heterocycles. The van der Waals surface area contributed by atoms with E-state index >= 15 is 0 Å². The molecule has 0 aliphatic carbocycles. The molecule has 1 aromatic heterocycles. The first kappa shape index (κ1) is 15.1. The molecule has 0 bridgehead atoms. The lowest BCUT2D eigenvalue weighted by Crippen LogP contribution is -2.15. The lowest BCUT2D eigenvalue weighted by molar-refractivity contribution is -0.385. The molecule has 0 radical (unpaired) electrons. The Labute approximate surface area is 126 Å². The van der Waals surface area contributed by atoms with E-state index in [-0.39, 0.29) is 16.0 Å². The molecule has 0 fully saturated rings. The van der Waals surface area contributed by atoms with Crippen LogP contribution in [0.4, 0.5) is 15.9 Å². The number of anilines is 1. The van der Waals surface area contributed by atoms with Gasteiger partial charge in [-0.15, -0.1) is 0 Å². The Kier molecular flexibility index (Phi) is 4.29. The minimum atomic E-state index is -1.04.